The van der Waals surface area contributed by atoms with E-state index in [0.29, 0.717) is 5.13 Å². The Morgan fingerprint density at radius 3 is 3.07 bits per heavy atom. The molecule has 0 bridgehead atoms. The van der Waals surface area contributed by atoms with Gasteiger partial charge in [0.05, 0.1) is 0 Å². The van der Waals surface area contributed by atoms with E-state index in [1.165, 1.54) is 11.3 Å². The zero-order valence-electron chi connectivity index (χ0n) is 7.62. The highest BCUT2D eigenvalue weighted by molar-refractivity contribution is 8.01. The number of nitrogens with one attached hydrogen (secondary N) is 1. The van der Waals surface area contributed by atoms with Crippen molar-refractivity contribution in [3.63, 3.8) is 0 Å². The number of hydrogen-bond acceptors (Lipinski definition) is 5. The smallest absolute Gasteiger partial charge is 0.241 e. The van der Waals surface area contributed by atoms with Crippen LogP contribution in [0.25, 0.3) is 0 Å². The number of alkyl halides is 1. The molecule has 1 aromatic rings. The van der Waals surface area contributed by atoms with Gasteiger partial charge in [-0.2, -0.15) is 0 Å². The third-order valence-electron chi connectivity index (χ3n) is 1.20. The van der Waals surface area contributed by atoms with Crippen LogP contribution in [0.4, 0.5) is 5.13 Å². The number of aromatic nitrogens is 2. The lowest BCUT2D eigenvalue weighted by molar-refractivity contribution is -0.113. The number of anilines is 1. The number of rotatable bonds is 5. The van der Waals surface area contributed by atoms with Crippen LogP contribution >= 0.6 is 34.7 Å². The first kappa shape index (κ1) is 11.7. The monoisotopic (exact) mass is 251 g/mol. The molecule has 1 amide bonds. The Morgan fingerprint density at radius 2 is 2.43 bits per heavy atom. The summed E-state index contributed by atoms with van der Waals surface area (Å²) in [6.07, 6.45) is 1.09. The summed E-state index contributed by atoms with van der Waals surface area (Å²) in [5, 5.41) is 10.8. The molecule has 0 aliphatic rings. The highest BCUT2D eigenvalue weighted by Gasteiger charge is 2.06. The van der Waals surface area contributed by atoms with Gasteiger partial charge >= 0.3 is 0 Å². The third-order valence-corrected chi connectivity index (χ3v) is 3.62. The molecule has 0 fully saturated rings. The van der Waals surface area contributed by atoms with Crippen LogP contribution in [0.1, 0.15) is 13.3 Å². The molecule has 1 heterocycles. The van der Waals surface area contributed by atoms with E-state index < -0.39 is 0 Å². The van der Waals surface area contributed by atoms with Gasteiger partial charge in [0.25, 0.3) is 0 Å². The minimum atomic E-state index is -0.255. The first-order chi connectivity index (χ1) is 6.76. The maximum absolute atomic E-state index is 10.9. The lowest BCUT2D eigenvalue weighted by Gasteiger charge is -1.93. The van der Waals surface area contributed by atoms with Crippen molar-refractivity contribution >= 4 is 45.7 Å². The molecule has 4 nitrogen and oxygen atoms in total. The summed E-state index contributed by atoms with van der Waals surface area (Å²) in [6, 6.07) is 0. The first-order valence-electron chi connectivity index (χ1n) is 4.08. The Balaban J connectivity index is 2.46. The van der Waals surface area contributed by atoms with E-state index in [0.717, 1.165) is 16.5 Å². The van der Waals surface area contributed by atoms with E-state index >= 15 is 0 Å². The number of thioether (sulfide) groups is 1. The Bertz CT molecular complexity index is 305. The van der Waals surface area contributed by atoms with E-state index in [4.69, 9.17) is 11.6 Å². The van der Waals surface area contributed by atoms with Gasteiger partial charge in [0.2, 0.25) is 11.0 Å². The van der Waals surface area contributed by atoms with Gasteiger partial charge in [-0.1, -0.05) is 30.0 Å². The average molecular weight is 252 g/mol. The zero-order valence-corrected chi connectivity index (χ0v) is 10.0. The summed E-state index contributed by atoms with van der Waals surface area (Å²) < 4.78 is 0.872. The molecule has 1 N–H and O–H groups in total. The molecule has 0 spiro atoms. The second-order valence-corrected chi connectivity index (χ2v) is 4.99. The standard InChI is InChI=1S/C7H10ClN3OS2/c1-2-3-13-7-11-10-6(14-7)9-5(12)4-8/h2-4H2,1H3,(H,9,10,12). The van der Waals surface area contributed by atoms with Gasteiger partial charge in [-0.25, -0.2) is 0 Å². The molecule has 0 aliphatic heterocycles. The third kappa shape index (κ3) is 3.81. The van der Waals surface area contributed by atoms with Gasteiger partial charge in [0, 0.05) is 5.75 Å². The second-order valence-electron chi connectivity index (χ2n) is 2.40. The number of carbonyl (C=O) groups excluding carboxylic acids is 1. The topological polar surface area (TPSA) is 54.9 Å². The van der Waals surface area contributed by atoms with Crippen LogP contribution in [-0.2, 0) is 4.79 Å². The summed E-state index contributed by atoms with van der Waals surface area (Å²) in [6.45, 7) is 2.10. The molecule has 0 atom stereocenters. The molecule has 7 heteroatoms. The summed E-state index contributed by atoms with van der Waals surface area (Å²) in [7, 11) is 0. The van der Waals surface area contributed by atoms with Crippen molar-refractivity contribution in [2.45, 2.75) is 17.7 Å². The molecular weight excluding hydrogens is 242 g/mol. The van der Waals surface area contributed by atoms with Crippen LogP contribution in [0.3, 0.4) is 0 Å². The van der Waals surface area contributed by atoms with Crippen LogP contribution in [0.5, 0.6) is 0 Å². The molecule has 0 radical (unpaired) electrons. The fraction of sp³-hybridized carbons (Fsp3) is 0.571. The van der Waals surface area contributed by atoms with Crippen molar-refractivity contribution in [1.29, 1.82) is 0 Å². The highest BCUT2D eigenvalue weighted by atomic mass is 35.5. The number of carbonyl (C=O) groups is 1. The average Bonchev–Trinajstić information content (AvgIpc) is 2.62. The zero-order chi connectivity index (χ0) is 10.4. The number of nitrogens with zero attached hydrogens (tertiary/aromatic N) is 2. The van der Waals surface area contributed by atoms with Crippen LogP contribution in [0.15, 0.2) is 4.34 Å². The van der Waals surface area contributed by atoms with Crippen molar-refractivity contribution in [2.24, 2.45) is 0 Å². The molecule has 14 heavy (non-hydrogen) atoms. The van der Waals surface area contributed by atoms with E-state index in [1.807, 2.05) is 0 Å². The maximum Gasteiger partial charge on any atom is 0.241 e. The van der Waals surface area contributed by atoms with Crippen molar-refractivity contribution < 1.29 is 4.79 Å². The Hall–Kier alpha value is -0.330. The number of halogens is 1. The number of amides is 1. The van der Waals surface area contributed by atoms with Gasteiger partial charge in [0.15, 0.2) is 4.34 Å². The quantitative estimate of drug-likeness (QED) is 0.495. The highest BCUT2D eigenvalue weighted by Crippen LogP contribution is 2.25. The van der Waals surface area contributed by atoms with Gasteiger partial charge < -0.3 is 0 Å². The molecule has 0 saturated heterocycles. The molecule has 1 rings (SSSR count). The number of hydrogen-bond donors (Lipinski definition) is 1. The van der Waals surface area contributed by atoms with E-state index in [2.05, 4.69) is 22.4 Å². The van der Waals surface area contributed by atoms with E-state index in [9.17, 15) is 4.79 Å². The molecule has 0 aliphatic carbocycles. The normalized spacial score (nSPS) is 10.1. The summed E-state index contributed by atoms with van der Waals surface area (Å²) >= 11 is 8.33. The van der Waals surface area contributed by atoms with E-state index in [-0.39, 0.29) is 11.8 Å². The maximum atomic E-state index is 10.9. The Kier molecular flexibility index (Phi) is 5.21. The Morgan fingerprint density at radius 1 is 1.64 bits per heavy atom. The van der Waals surface area contributed by atoms with Crippen LogP contribution < -0.4 is 5.32 Å². The van der Waals surface area contributed by atoms with Crippen molar-refractivity contribution in [2.75, 3.05) is 16.9 Å². The van der Waals surface area contributed by atoms with Crippen molar-refractivity contribution in [3.8, 4) is 0 Å². The summed E-state index contributed by atoms with van der Waals surface area (Å²) in [4.78, 5) is 10.9. The molecule has 78 valence electrons. The summed E-state index contributed by atoms with van der Waals surface area (Å²) in [5.74, 6) is 0.699. The first-order valence-corrected chi connectivity index (χ1v) is 6.42. The van der Waals surface area contributed by atoms with Gasteiger partial charge in [0.1, 0.15) is 5.88 Å². The van der Waals surface area contributed by atoms with Crippen LogP contribution in [0.2, 0.25) is 0 Å². The molecule has 0 unspecified atom stereocenters. The lowest BCUT2D eigenvalue weighted by Crippen LogP contribution is -2.12. The van der Waals surface area contributed by atoms with Gasteiger partial charge in [-0.15, -0.1) is 21.8 Å². The van der Waals surface area contributed by atoms with Gasteiger partial charge in [-0.05, 0) is 6.42 Å². The molecule has 1 aromatic heterocycles. The molecule has 0 saturated carbocycles. The van der Waals surface area contributed by atoms with Crippen LogP contribution in [-0.4, -0.2) is 27.7 Å². The fourth-order valence-corrected chi connectivity index (χ4v) is 2.42. The largest absolute Gasteiger partial charge is 0.299 e. The van der Waals surface area contributed by atoms with Crippen molar-refractivity contribution in [3.05, 3.63) is 0 Å². The van der Waals surface area contributed by atoms with E-state index in [1.54, 1.807) is 11.8 Å². The second kappa shape index (κ2) is 6.21. The lowest BCUT2D eigenvalue weighted by atomic mass is 10.6. The Labute approximate surface area is 95.4 Å². The predicted octanol–water partition coefficient (Wildman–Crippen LogP) is 2.22. The summed E-state index contributed by atoms with van der Waals surface area (Å²) in [5.41, 5.74) is 0. The minimum Gasteiger partial charge on any atom is -0.299 e. The minimum absolute atomic E-state index is 0.0585. The van der Waals surface area contributed by atoms with Gasteiger partial charge in [-0.3, -0.25) is 10.1 Å². The molecule has 0 aromatic carbocycles. The molecular formula is C7H10ClN3OS2. The van der Waals surface area contributed by atoms with Crippen molar-refractivity contribution in [1.82, 2.24) is 10.2 Å². The SMILES string of the molecule is CCCSc1nnc(NC(=O)CCl)s1. The van der Waals surface area contributed by atoms with Crippen LogP contribution in [0, 0.1) is 0 Å². The fourth-order valence-electron chi connectivity index (χ4n) is 0.661. The predicted molar refractivity (Wildman–Crippen MR) is 60.3 cm³/mol.